The number of rotatable bonds is 25. The average molecular weight is 660 g/mol. The maximum Gasteiger partial charge on any atom is 0.224 e. The number of hydrogen-bond acceptors (Lipinski definition) is 11. The molecule has 3 unspecified atom stereocenters. The molecule has 0 aliphatic rings. The summed E-state index contributed by atoms with van der Waals surface area (Å²) in [6.07, 6.45) is 2.24. The Morgan fingerprint density at radius 3 is 1.64 bits per heavy atom. The first kappa shape index (κ1) is 38.0. The van der Waals surface area contributed by atoms with E-state index in [1.165, 1.54) is 0 Å². The van der Waals surface area contributed by atoms with Crippen LogP contribution in [0.15, 0.2) is 0 Å². The zero-order valence-corrected chi connectivity index (χ0v) is 29.5. The van der Waals surface area contributed by atoms with Gasteiger partial charge >= 0.3 is 0 Å². The van der Waals surface area contributed by atoms with Crippen LogP contribution in [-0.2, 0) is 47.4 Å². The summed E-state index contributed by atoms with van der Waals surface area (Å²) in [5, 5.41) is 1.00. The molecular weight excluding hydrogens is 613 g/mol. The normalized spacial score (nSPS) is 14.5. The molecule has 0 rings (SSSR count). The van der Waals surface area contributed by atoms with Crippen LogP contribution in [0.1, 0.15) is 60.8 Å². The van der Waals surface area contributed by atoms with Gasteiger partial charge in [0.15, 0.2) is 12.6 Å². The number of ether oxygens (including phenoxy) is 4. The predicted octanol–water partition coefficient (Wildman–Crippen LogP) is 7.25. The lowest BCUT2D eigenvalue weighted by Crippen LogP contribution is -2.32. The van der Waals surface area contributed by atoms with Crippen molar-refractivity contribution in [3.63, 3.8) is 0 Å². The molecule has 0 fully saturated rings. The van der Waals surface area contributed by atoms with Gasteiger partial charge in [-0.2, -0.15) is 0 Å². The number of hydrogen-bond donors (Lipinski definition) is 1. The summed E-state index contributed by atoms with van der Waals surface area (Å²) >= 11 is 18.5. The molecule has 0 aromatic carbocycles. The molecular formula is C22H47NO5P2S6. The summed E-state index contributed by atoms with van der Waals surface area (Å²) in [7, 11) is 0. The second-order valence-corrected chi connectivity index (χ2v) is 27.0. The van der Waals surface area contributed by atoms with Crippen LogP contribution in [0.2, 0.25) is 0 Å². The maximum atomic E-state index is 12.9. The Labute approximate surface area is 247 Å². The second kappa shape index (κ2) is 25.9. The van der Waals surface area contributed by atoms with Gasteiger partial charge in [0, 0.05) is 72.6 Å². The summed E-state index contributed by atoms with van der Waals surface area (Å²) in [6.45, 7) is 14.8. The number of carbonyl (C=O) groups is 1. The van der Waals surface area contributed by atoms with Crippen molar-refractivity contribution in [3.05, 3.63) is 0 Å². The third-order valence-corrected chi connectivity index (χ3v) is 20.7. The molecule has 6 nitrogen and oxygen atoms in total. The fraction of sp³-hybridized carbons (Fsp3) is 0.955. The molecule has 0 saturated heterocycles. The van der Waals surface area contributed by atoms with Gasteiger partial charge < -0.3 is 24.3 Å². The van der Waals surface area contributed by atoms with E-state index in [1.54, 1.807) is 34.1 Å². The molecule has 3 atom stereocenters. The smallest absolute Gasteiger partial charge is 0.224 e. The van der Waals surface area contributed by atoms with E-state index in [-0.39, 0.29) is 24.4 Å². The Morgan fingerprint density at radius 1 is 0.778 bits per heavy atom. The van der Waals surface area contributed by atoms with E-state index >= 15 is 0 Å². The summed E-state index contributed by atoms with van der Waals surface area (Å²) in [5.41, 5.74) is 0. The van der Waals surface area contributed by atoms with Crippen LogP contribution in [0.3, 0.4) is 0 Å². The average Bonchev–Trinajstić information content (AvgIpc) is 2.82. The lowest BCUT2D eigenvalue weighted by Gasteiger charge is -2.19. The van der Waals surface area contributed by atoms with Crippen molar-refractivity contribution in [2.24, 2.45) is 11.8 Å². The van der Waals surface area contributed by atoms with Gasteiger partial charge in [-0.1, -0.05) is 48.8 Å². The minimum atomic E-state index is -1.06. The molecule has 0 spiro atoms. The first-order valence-electron chi connectivity index (χ1n) is 12.6. The fourth-order valence-corrected chi connectivity index (χ4v) is 15.7. The first-order chi connectivity index (χ1) is 17.3. The topological polar surface area (TPSA) is 66.0 Å². The van der Waals surface area contributed by atoms with E-state index in [0.29, 0.717) is 38.2 Å². The summed E-state index contributed by atoms with van der Waals surface area (Å²) in [4.78, 5) is 12.9. The van der Waals surface area contributed by atoms with Gasteiger partial charge in [-0.3, -0.25) is 4.79 Å². The largest absolute Gasteiger partial charge is 0.353 e. The van der Waals surface area contributed by atoms with Crippen molar-refractivity contribution in [2.45, 2.75) is 73.4 Å². The molecule has 0 radical (unpaired) electrons. The van der Waals surface area contributed by atoms with Crippen LogP contribution in [0.25, 0.3) is 0 Å². The van der Waals surface area contributed by atoms with Crippen LogP contribution >= 0.6 is 55.7 Å². The van der Waals surface area contributed by atoms with Crippen molar-refractivity contribution >= 4 is 85.2 Å². The third-order valence-electron chi connectivity index (χ3n) is 4.52. The van der Waals surface area contributed by atoms with Gasteiger partial charge in [0.1, 0.15) is 0 Å². The quantitative estimate of drug-likeness (QED) is 0.0797. The van der Waals surface area contributed by atoms with Crippen LogP contribution < -0.4 is 5.32 Å². The molecule has 0 bridgehead atoms. The molecule has 0 aromatic heterocycles. The van der Waals surface area contributed by atoms with E-state index < -0.39 is 10.2 Å². The first-order valence-corrected chi connectivity index (χ1v) is 24.7. The van der Waals surface area contributed by atoms with Gasteiger partial charge in [0.25, 0.3) is 0 Å². The number of nitrogens with one attached hydrogen (secondary N) is 1. The fourth-order valence-electron chi connectivity index (χ4n) is 3.03. The molecule has 0 aliphatic carbocycles. The predicted molar refractivity (Wildman–Crippen MR) is 176 cm³/mol. The Balaban J connectivity index is 4.35. The summed E-state index contributed by atoms with van der Waals surface area (Å²) < 4.78 is 22.4. The molecule has 0 saturated carbocycles. The highest BCUT2D eigenvalue weighted by Crippen LogP contribution is 2.52. The van der Waals surface area contributed by atoms with Crippen molar-refractivity contribution in [1.82, 2.24) is 5.32 Å². The van der Waals surface area contributed by atoms with Crippen LogP contribution in [0.5, 0.6) is 0 Å². The molecule has 0 aromatic rings. The van der Waals surface area contributed by atoms with Crippen molar-refractivity contribution in [1.29, 1.82) is 0 Å². The Bertz CT molecular complexity index is 597. The Morgan fingerprint density at radius 2 is 1.22 bits per heavy atom. The molecule has 216 valence electrons. The van der Waals surface area contributed by atoms with E-state index in [0.717, 1.165) is 36.5 Å². The van der Waals surface area contributed by atoms with Crippen molar-refractivity contribution in [2.75, 3.05) is 49.6 Å². The van der Waals surface area contributed by atoms with E-state index in [4.69, 9.17) is 42.6 Å². The lowest BCUT2D eigenvalue weighted by molar-refractivity contribution is -0.136. The Kier molecular flexibility index (Phi) is 27.4. The molecule has 0 heterocycles. The molecule has 0 aliphatic heterocycles. The monoisotopic (exact) mass is 659 g/mol. The summed E-state index contributed by atoms with van der Waals surface area (Å²) in [5.74, 6) is 3.73. The van der Waals surface area contributed by atoms with E-state index in [2.05, 4.69) is 19.2 Å². The van der Waals surface area contributed by atoms with Crippen LogP contribution in [0.4, 0.5) is 0 Å². The van der Waals surface area contributed by atoms with Crippen molar-refractivity contribution < 1.29 is 23.7 Å². The SMILES string of the molecule is CCOC(CCS[PH](=S)SCNC(=O)C(CS[PH](=S)SCCC(OCC)OCC)CC(C)C)OCC. The minimum absolute atomic E-state index is 0.0228. The highest BCUT2D eigenvalue weighted by atomic mass is 33.2. The molecule has 36 heavy (non-hydrogen) atoms. The molecule has 1 N–H and O–H groups in total. The van der Waals surface area contributed by atoms with Crippen LogP contribution in [-0.4, -0.2) is 68.1 Å². The van der Waals surface area contributed by atoms with E-state index in [9.17, 15) is 4.79 Å². The molecule has 14 heteroatoms. The van der Waals surface area contributed by atoms with Gasteiger partial charge in [-0.05, 0) is 40.0 Å². The second-order valence-electron chi connectivity index (χ2n) is 7.92. The Hall–Kier alpha value is 2.01. The highest BCUT2D eigenvalue weighted by Gasteiger charge is 2.20. The molecule has 1 amide bonds. The van der Waals surface area contributed by atoms with Gasteiger partial charge in [-0.15, -0.1) is 34.1 Å². The van der Waals surface area contributed by atoms with Crippen molar-refractivity contribution in [3.8, 4) is 0 Å². The zero-order valence-electron chi connectivity index (χ0n) is 22.6. The van der Waals surface area contributed by atoms with Gasteiger partial charge in [0.2, 0.25) is 5.91 Å². The van der Waals surface area contributed by atoms with Crippen LogP contribution in [0, 0.1) is 11.8 Å². The van der Waals surface area contributed by atoms with Gasteiger partial charge in [-0.25, -0.2) is 0 Å². The highest BCUT2D eigenvalue weighted by molar-refractivity contribution is 8.94. The van der Waals surface area contributed by atoms with Gasteiger partial charge in [0.05, 0.1) is 5.88 Å². The summed E-state index contributed by atoms with van der Waals surface area (Å²) in [6, 6.07) is 0. The lowest BCUT2D eigenvalue weighted by atomic mass is 9.98. The maximum absolute atomic E-state index is 12.9. The zero-order chi connectivity index (χ0) is 27.2. The standard InChI is InChI=1S/C22H47NO5P2S6/c1-7-25-20(26-8-2)11-13-33-29(31)35-16-19(15-18(5)6)22(24)23-17-36-30(32)34-14-12-21(27-9-3)28-10-4/h18-21,29-30H,7-17H2,1-6H3,(H,23,24). The third kappa shape index (κ3) is 21.8. The number of carbonyl (C=O) groups excluding carboxylic acids is 1. The minimum Gasteiger partial charge on any atom is -0.353 e. The number of amides is 1. The van der Waals surface area contributed by atoms with E-state index in [1.807, 2.05) is 39.1 Å².